The van der Waals surface area contributed by atoms with E-state index in [9.17, 15) is 19.2 Å². The van der Waals surface area contributed by atoms with E-state index in [0.717, 1.165) is 11.3 Å². The molecule has 0 saturated heterocycles. The summed E-state index contributed by atoms with van der Waals surface area (Å²) in [6, 6.07) is 8.98. The van der Waals surface area contributed by atoms with E-state index in [4.69, 9.17) is 11.6 Å². The fourth-order valence-corrected chi connectivity index (χ4v) is 4.67. The fraction of sp³-hybridized carbons (Fsp3) is 0.370. The molecule has 2 aromatic carbocycles. The van der Waals surface area contributed by atoms with Crippen molar-refractivity contribution in [2.75, 3.05) is 24.3 Å². The van der Waals surface area contributed by atoms with E-state index in [2.05, 4.69) is 41.5 Å². The zero-order chi connectivity index (χ0) is 29.4. The maximum atomic E-state index is 13.3. The highest BCUT2D eigenvalue weighted by Gasteiger charge is 2.25. The molecule has 0 radical (unpaired) electrons. The molecule has 4 N–H and O–H groups in total. The Bertz CT molecular complexity index is 1410. The number of hydrogen-bond acceptors (Lipinski definition) is 8. The van der Waals surface area contributed by atoms with Crippen molar-refractivity contribution >= 4 is 46.8 Å². The van der Waals surface area contributed by atoms with Crippen molar-refractivity contribution in [3.8, 4) is 5.69 Å². The normalized spacial score (nSPS) is 17.6. The van der Waals surface area contributed by atoms with Crippen LogP contribution < -0.4 is 21.3 Å². The number of carbonyl (C=O) groups excluding carboxylic acids is 4. The fourth-order valence-electron chi connectivity index (χ4n) is 4.48. The number of ether oxygens (including phenoxy) is 1. The minimum atomic E-state index is -0.799. The second-order valence-electron chi connectivity index (χ2n) is 9.65. The number of carbonyl (C=O) groups is 4. The highest BCUT2D eigenvalue weighted by molar-refractivity contribution is 6.30. The van der Waals surface area contributed by atoms with Gasteiger partial charge in [0.15, 0.2) is 0 Å². The molecule has 41 heavy (non-hydrogen) atoms. The topological polar surface area (TPSA) is 169 Å². The summed E-state index contributed by atoms with van der Waals surface area (Å²) in [7, 11) is 1.23. The molecule has 0 fully saturated rings. The Hall–Kier alpha value is -4.52. The molecule has 4 amide bonds. The number of tetrazole rings is 1. The van der Waals surface area contributed by atoms with Gasteiger partial charge in [0.2, 0.25) is 11.8 Å². The van der Waals surface area contributed by atoms with Gasteiger partial charge in [0.05, 0.1) is 24.0 Å². The van der Waals surface area contributed by atoms with Crippen LogP contribution in [0, 0.1) is 5.92 Å². The third-order valence-electron chi connectivity index (χ3n) is 6.73. The van der Waals surface area contributed by atoms with Gasteiger partial charge in [-0.05, 0) is 71.7 Å². The Morgan fingerprint density at radius 1 is 1.15 bits per heavy atom. The first kappa shape index (κ1) is 29.5. The lowest BCUT2D eigenvalue weighted by Crippen LogP contribution is -2.47. The van der Waals surface area contributed by atoms with Gasteiger partial charge in [-0.2, -0.15) is 0 Å². The number of methoxy groups -OCH3 is 1. The minimum absolute atomic E-state index is 0.157. The van der Waals surface area contributed by atoms with Crippen LogP contribution in [0.5, 0.6) is 0 Å². The first-order valence-electron chi connectivity index (χ1n) is 13.2. The van der Waals surface area contributed by atoms with Gasteiger partial charge < -0.3 is 20.7 Å². The number of hydrogen-bond donors (Lipinski definition) is 4. The van der Waals surface area contributed by atoms with Crippen molar-refractivity contribution < 1.29 is 23.9 Å². The average molecular weight is 583 g/mol. The van der Waals surface area contributed by atoms with E-state index >= 15 is 0 Å². The lowest BCUT2D eigenvalue weighted by molar-refractivity contribution is -0.123. The van der Waals surface area contributed by atoms with E-state index < -0.39 is 18.0 Å². The molecule has 216 valence electrons. The van der Waals surface area contributed by atoms with Crippen LogP contribution in [0.2, 0.25) is 5.02 Å². The average Bonchev–Trinajstić information content (AvgIpc) is 3.48. The molecule has 1 aromatic heterocycles. The Morgan fingerprint density at radius 2 is 1.95 bits per heavy atom. The lowest BCUT2D eigenvalue weighted by atomic mass is 9.98. The zero-order valence-electron chi connectivity index (χ0n) is 22.6. The van der Waals surface area contributed by atoms with E-state index in [1.54, 1.807) is 25.1 Å². The van der Waals surface area contributed by atoms with E-state index in [1.807, 2.05) is 0 Å². The predicted octanol–water partition coefficient (Wildman–Crippen LogP) is 3.10. The number of benzene rings is 2. The highest BCUT2D eigenvalue weighted by atomic mass is 35.5. The largest absolute Gasteiger partial charge is 0.453 e. The van der Waals surface area contributed by atoms with E-state index in [0.29, 0.717) is 42.8 Å². The first-order chi connectivity index (χ1) is 19.7. The molecule has 4 rings (SSSR count). The number of halogens is 1. The van der Waals surface area contributed by atoms with E-state index in [1.165, 1.54) is 36.3 Å². The maximum Gasteiger partial charge on any atom is 0.411 e. The third-order valence-corrected chi connectivity index (χ3v) is 6.97. The van der Waals surface area contributed by atoms with Crippen LogP contribution in [0.15, 0.2) is 42.7 Å². The van der Waals surface area contributed by atoms with Gasteiger partial charge in [-0.25, -0.2) is 9.48 Å². The Kier molecular flexibility index (Phi) is 9.85. The molecule has 0 saturated carbocycles. The molecule has 1 aliphatic heterocycles. The molecular formula is C27H31ClN8O5. The SMILES string of the molecule is COC(=O)Nc1ccc2c(c1)NC(=O)[C@@H](C)CCCC[C@H](C(=O)NCCc1cc(Cl)ccc1-n1cnnn1)NC2=O. The van der Waals surface area contributed by atoms with Crippen molar-refractivity contribution in [3.63, 3.8) is 0 Å². The smallest absolute Gasteiger partial charge is 0.411 e. The lowest BCUT2D eigenvalue weighted by Gasteiger charge is -2.22. The number of aromatic nitrogens is 4. The molecule has 14 heteroatoms. The number of amides is 4. The molecule has 3 aromatic rings. The van der Waals surface area contributed by atoms with Crippen molar-refractivity contribution in [3.05, 3.63) is 58.9 Å². The summed E-state index contributed by atoms with van der Waals surface area (Å²) in [6.45, 7) is 2.09. The maximum absolute atomic E-state index is 13.3. The van der Waals surface area contributed by atoms with Crippen molar-refractivity contribution in [2.45, 2.75) is 45.1 Å². The van der Waals surface area contributed by atoms with Gasteiger partial charge in [-0.3, -0.25) is 19.7 Å². The summed E-state index contributed by atoms with van der Waals surface area (Å²) in [5, 5.41) is 22.8. The van der Waals surface area contributed by atoms with Gasteiger partial charge >= 0.3 is 6.09 Å². The quantitative estimate of drug-likeness (QED) is 0.343. The summed E-state index contributed by atoms with van der Waals surface area (Å²) >= 11 is 6.20. The van der Waals surface area contributed by atoms with Crippen LogP contribution in [0.3, 0.4) is 0 Å². The second kappa shape index (κ2) is 13.7. The van der Waals surface area contributed by atoms with Gasteiger partial charge in [0, 0.05) is 23.2 Å². The van der Waals surface area contributed by atoms with Crippen LogP contribution in [-0.2, 0) is 20.7 Å². The molecule has 2 heterocycles. The highest BCUT2D eigenvalue weighted by Crippen LogP contribution is 2.24. The summed E-state index contributed by atoms with van der Waals surface area (Å²) < 4.78 is 6.14. The van der Waals surface area contributed by atoms with Crippen molar-refractivity contribution in [2.24, 2.45) is 5.92 Å². The first-order valence-corrected chi connectivity index (χ1v) is 13.5. The third kappa shape index (κ3) is 7.78. The summed E-state index contributed by atoms with van der Waals surface area (Å²) in [6.07, 6.45) is 3.58. The second-order valence-corrected chi connectivity index (χ2v) is 10.1. The van der Waals surface area contributed by atoms with E-state index in [-0.39, 0.29) is 35.5 Å². The Balaban J connectivity index is 1.49. The number of fused-ring (bicyclic) bond motifs is 1. The Morgan fingerprint density at radius 3 is 2.71 bits per heavy atom. The summed E-state index contributed by atoms with van der Waals surface area (Å²) in [5.41, 5.74) is 2.28. The molecule has 2 atom stereocenters. The van der Waals surface area contributed by atoms with Crippen LogP contribution >= 0.6 is 11.6 Å². The minimum Gasteiger partial charge on any atom is -0.453 e. The predicted molar refractivity (Wildman–Crippen MR) is 151 cm³/mol. The molecular weight excluding hydrogens is 552 g/mol. The number of nitrogens with zero attached hydrogens (tertiary/aromatic N) is 4. The Labute approximate surface area is 241 Å². The molecule has 1 aliphatic rings. The van der Waals surface area contributed by atoms with Gasteiger partial charge in [-0.1, -0.05) is 31.4 Å². The monoisotopic (exact) mass is 582 g/mol. The van der Waals surface area contributed by atoms with Crippen molar-refractivity contribution in [1.82, 2.24) is 30.8 Å². The summed E-state index contributed by atoms with van der Waals surface area (Å²) in [4.78, 5) is 51.0. The van der Waals surface area contributed by atoms with Gasteiger partial charge in [0.1, 0.15) is 12.4 Å². The number of nitrogens with one attached hydrogen (secondary N) is 4. The van der Waals surface area contributed by atoms with Gasteiger partial charge in [0.25, 0.3) is 5.91 Å². The zero-order valence-corrected chi connectivity index (χ0v) is 23.4. The molecule has 0 unspecified atom stereocenters. The van der Waals surface area contributed by atoms with Crippen LogP contribution in [0.4, 0.5) is 16.2 Å². The van der Waals surface area contributed by atoms with Crippen LogP contribution in [0.25, 0.3) is 5.69 Å². The molecule has 0 aliphatic carbocycles. The molecule has 0 spiro atoms. The van der Waals surface area contributed by atoms with Gasteiger partial charge in [-0.15, -0.1) is 5.10 Å². The molecule has 13 nitrogen and oxygen atoms in total. The van der Waals surface area contributed by atoms with Crippen molar-refractivity contribution in [1.29, 1.82) is 0 Å². The number of rotatable bonds is 6. The standard InChI is InChI=1S/C27H31ClN8O5/c1-16-5-3-4-6-21(26(39)29-12-11-17-13-18(28)7-10-23(17)36-15-30-34-35-36)32-25(38)20-9-8-19(31-27(40)41-2)14-22(20)33-24(16)37/h7-10,13-16,21H,3-6,11-12H2,1-2H3,(H,29,39)(H,31,40)(H,32,38)(H,33,37)/t16-,21+/m0/s1. The molecule has 0 bridgehead atoms. The summed E-state index contributed by atoms with van der Waals surface area (Å²) in [5.74, 6) is -1.42. The van der Waals surface area contributed by atoms with Crippen LogP contribution in [-0.4, -0.2) is 63.7 Å². The number of anilines is 2. The van der Waals surface area contributed by atoms with Crippen LogP contribution in [0.1, 0.15) is 48.5 Å².